The Morgan fingerprint density at radius 2 is 2.00 bits per heavy atom. The molecule has 0 unspecified atom stereocenters. The Hall–Kier alpha value is -1.88. The molecule has 1 aliphatic carbocycles. The number of nitrogens with two attached hydrogens (primary N) is 1. The monoisotopic (exact) mass is 331 g/mol. The van der Waals surface area contributed by atoms with Crippen molar-refractivity contribution in [3.8, 4) is 0 Å². The van der Waals surface area contributed by atoms with Crippen molar-refractivity contribution >= 4 is 23.5 Å². The summed E-state index contributed by atoms with van der Waals surface area (Å²) in [7, 11) is 0. The molecule has 1 aromatic carbocycles. The van der Waals surface area contributed by atoms with Crippen molar-refractivity contribution in [1.29, 1.82) is 0 Å². The van der Waals surface area contributed by atoms with E-state index in [0.717, 1.165) is 6.42 Å². The van der Waals surface area contributed by atoms with Gasteiger partial charge in [-0.15, -0.1) is 11.6 Å². The van der Waals surface area contributed by atoms with Gasteiger partial charge in [-0.1, -0.05) is 24.6 Å². The second-order valence-electron chi connectivity index (χ2n) is 6.44. The average molecular weight is 332 g/mol. The van der Waals surface area contributed by atoms with E-state index >= 15 is 0 Å². The number of benzene rings is 1. The van der Waals surface area contributed by atoms with Gasteiger partial charge in [-0.25, -0.2) is 0 Å². The van der Waals surface area contributed by atoms with Crippen LogP contribution in [0.25, 0.3) is 0 Å². The maximum Gasteiger partial charge on any atom is 0.228 e. The van der Waals surface area contributed by atoms with Crippen molar-refractivity contribution in [2.24, 2.45) is 5.92 Å². The van der Waals surface area contributed by atoms with Crippen LogP contribution in [0.5, 0.6) is 0 Å². The highest BCUT2D eigenvalue weighted by atomic mass is 35.5. The molecule has 1 heterocycles. The van der Waals surface area contributed by atoms with Crippen LogP contribution < -0.4 is 11.1 Å². The normalized spacial score (nSPS) is 21.1. The molecule has 0 bridgehead atoms. The molecule has 122 valence electrons. The van der Waals surface area contributed by atoms with Crippen molar-refractivity contribution < 1.29 is 0 Å². The molecule has 6 heteroatoms. The van der Waals surface area contributed by atoms with Gasteiger partial charge in [0.15, 0.2) is 5.82 Å². The SMILES string of the molecule is Cc1cc(C)c2c(c1)[C@H](Nc1nc(N)nc([C@H](C)Cl)n1)[C@H](C)C2. The van der Waals surface area contributed by atoms with Crippen LogP contribution in [0.1, 0.15) is 53.3 Å². The predicted octanol–water partition coefficient (Wildman–Crippen LogP) is 3.72. The number of fused-ring (bicyclic) bond motifs is 1. The summed E-state index contributed by atoms with van der Waals surface area (Å²) < 4.78 is 0. The first kappa shape index (κ1) is 16.0. The fourth-order valence-electron chi connectivity index (χ4n) is 3.34. The van der Waals surface area contributed by atoms with Crippen LogP contribution in [-0.4, -0.2) is 15.0 Å². The van der Waals surface area contributed by atoms with Crippen LogP contribution in [0.2, 0.25) is 0 Å². The Bertz CT molecular complexity index is 744. The molecule has 0 radical (unpaired) electrons. The summed E-state index contributed by atoms with van der Waals surface area (Å²) in [6.45, 7) is 8.36. The average Bonchev–Trinajstić information content (AvgIpc) is 2.76. The number of rotatable bonds is 3. The summed E-state index contributed by atoms with van der Waals surface area (Å²) in [5, 5.41) is 3.13. The van der Waals surface area contributed by atoms with E-state index in [-0.39, 0.29) is 17.4 Å². The Morgan fingerprint density at radius 3 is 2.70 bits per heavy atom. The second kappa shape index (κ2) is 5.96. The maximum atomic E-state index is 6.08. The highest BCUT2D eigenvalue weighted by Crippen LogP contribution is 2.40. The fraction of sp³-hybridized carbons (Fsp3) is 0.471. The molecular formula is C17H22ClN5. The third-order valence-electron chi connectivity index (χ3n) is 4.39. The lowest BCUT2D eigenvalue weighted by Crippen LogP contribution is -2.18. The second-order valence-corrected chi connectivity index (χ2v) is 7.10. The lowest BCUT2D eigenvalue weighted by molar-refractivity contribution is 0.538. The summed E-state index contributed by atoms with van der Waals surface area (Å²) in [6.07, 6.45) is 1.05. The van der Waals surface area contributed by atoms with E-state index in [1.807, 2.05) is 6.92 Å². The standard InChI is InChI=1S/C17H22ClN5/c1-8-5-9(2)12-7-10(3)14(13(12)6-8)20-17-22-15(11(4)18)21-16(19)23-17/h5-6,10-11,14H,7H2,1-4H3,(H3,19,20,21,22,23)/t10-,11+,14-/m1/s1. The number of hydrogen-bond acceptors (Lipinski definition) is 5. The molecule has 0 aliphatic heterocycles. The first-order valence-electron chi connectivity index (χ1n) is 7.87. The van der Waals surface area contributed by atoms with E-state index in [2.05, 4.69) is 53.2 Å². The van der Waals surface area contributed by atoms with Crippen molar-refractivity contribution in [3.63, 3.8) is 0 Å². The minimum absolute atomic E-state index is 0.170. The summed E-state index contributed by atoms with van der Waals surface area (Å²) >= 11 is 6.08. The summed E-state index contributed by atoms with van der Waals surface area (Å²) in [6, 6.07) is 4.66. The molecule has 0 saturated carbocycles. The molecule has 1 aromatic heterocycles. The van der Waals surface area contributed by atoms with Crippen LogP contribution in [0.3, 0.4) is 0 Å². The first-order chi connectivity index (χ1) is 10.8. The van der Waals surface area contributed by atoms with E-state index in [1.165, 1.54) is 22.3 Å². The minimum atomic E-state index is -0.307. The maximum absolute atomic E-state index is 6.08. The number of nitrogens with one attached hydrogen (secondary N) is 1. The molecule has 0 spiro atoms. The van der Waals surface area contributed by atoms with Gasteiger partial charge in [-0.3, -0.25) is 0 Å². The molecular weight excluding hydrogens is 310 g/mol. The third kappa shape index (κ3) is 3.11. The van der Waals surface area contributed by atoms with Gasteiger partial charge in [0.25, 0.3) is 0 Å². The number of hydrogen-bond donors (Lipinski definition) is 2. The topological polar surface area (TPSA) is 76.7 Å². The van der Waals surface area contributed by atoms with Crippen LogP contribution >= 0.6 is 11.6 Å². The molecule has 1 aliphatic rings. The van der Waals surface area contributed by atoms with Crippen LogP contribution in [0, 0.1) is 19.8 Å². The molecule has 2 aromatic rings. The quantitative estimate of drug-likeness (QED) is 0.838. The van der Waals surface area contributed by atoms with Gasteiger partial charge >= 0.3 is 0 Å². The largest absolute Gasteiger partial charge is 0.368 e. The molecule has 5 nitrogen and oxygen atoms in total. The third-order valence-corrected chi connectivity index (χ3v) is 4.59. The number of nitrogens with zero attached hydrogens (tertiary/aromatic N) is 3. The van der Waals surface area contributed by atoms with Gasteiger partial charge in [0.1, 0.15) is 0 Å². The zero-order chi connectivity index (χ0) is 16.7. The Morgan fingerprint density at radius 1 is 1.26 bits per heavy atom. The predicted molar refractivity (Wildman–Crippen MR) is 93.7 cm³/mol. The molecule has 0 fully saturated rings. The van der Waals surface area contributed by atoms with Crippen LogP contribution in [0.4, 0.5) is 11.9 Å². The van der Waals surface area contributed by atoms with E-state index < -0.39 is 0 Å². The molecule has 3 atom stereocenters. The van der Waals surface area contributed by atoms with Gasteiger partial charge in [-0.05, 0) is 49.8 Å². The Kier molecular flexibility index (Phi) is 4.15. The smallest absolute Gasteiger partial charge is 0.228 e. The first-order valence-corrected chi connectivity index (χ1v) is 8.31. The zero-order valence-corrected chi connectivity index (χ0v) is 14.6. The van der Waals surface area contributed by atoms with E-state index in [9.17, 15) is 0 Å². The Labute approximate surface area is 141 Å². The molecule has 0 saturated heterocycles. The van der Waals surface area contributed by atoms with Crippen molar-refractivity contribution in [2.45, 2.75) is 45.5 Å². The van der Waals surface area contributed by atoms with E-state index in [4.69, 9.17) is 17.3 Å². The lowest BCUT2D eigenvalue weighted by atomic mass is 9.99. The summed E-state index contributed by atoms with van der Waals surface area (Å²) in [5.41, 5.74) is 11.2. The zero-order valence-electron chi connectivity index (χ0n) is 13.9. The van der Waals surface area contributed by atoms with Crippen molar-refractivity contribution in [2.75, 3.05) is 11.1 Å². The molecule has 3 rings (SSSR count). The number of aromatic nitrogens is 3. The van der Waals surface area contributed by atoms with Crippen molar-refractivity contribution in [3.05, 3.63) is 40.2 Å². The lowest BCUT2D eigenvalue weighted by Gasteiger charge is -2.19. The van der Waals surface area contributed by atoms with Gasteiger partial charge in [-0.2, -0.15) is 15.0 Å². The number of anilines is 2. The molecule has 3 N–H and O–H groups in total. The minimum Gasteiger partial charge on any atom is -0.368 e. The van der Waals surface area contributed by atoms with Gasteiger partial charge in [0.05, 0.1) is 11.4 Å². The van der Waals surface area contributed by atoms with Crippen LogP contribution in [-0.2, 0) is 6.42 Å². The highest BCUT2D eigenvalue weighted by molar-refractivity contribution is 6.20. The number of nitrogen functional groups attached to an aromatic ring is 1. The van der Waals surface area contributed by atoms with Gasteiger partial charge in [0.2, 0.25) is 11.9 Å². The van der Waals surface area contributed by atoms with Gasteiger partial charge in [0, 0.05) is 0 Å². The van der Waals surface area contributed by atoms with Crippen LogP contribution in [0.15, 0.2) is 12.1 Å². The van der Waals surface area contributed by atoms with Crippen molar-refractivity contribution in [1.82, 2.24) is 15.0 Å². The number of aryl methyl sites for hydroxylation is 2. The number of alkyl halides is 1. The summed E-state index contributed by atoms with van der Waals surface area (Å²) in [4.78, 5) is 12.7. The fourth-order valence-corrected chi connectivity index (χ4v) is 3.44. The highest BCUT2D eigenvalue weighted by Gasteiger charge is 2.31. The Balaban J connectivity index is 1.96. The van der Waals surface area contributed by atoms with E-state index in [0.29, 0.717) is 17.7 Å². The number of halogens is 1. The van der Waals surface area contributed by atoms with E-state index in [1.54, 1.807) is 0 Å². The summed E-state index contributed by atoms with van der Waals surface area (Å²) in [5.74, 6) is 1.63. The van der Waals surface area contributed by atoms with Gasteiger partial charge < -0.3 is 11.1 Å². The molecule has 0 amide bonds. The molecule has 23 heavy (non-hydrogen) atoms.